The molecule has 0 atom stereocenters. The lowest BCUT2D eigenvalue weighted by molar-refractivity contribution is 0.280. The molecule has 5 heteroatoms. The van der Waals surface area contributed by atoms with Gasteiger partial charge in [-0.2, -0.15) is 0 Å². The highest BCUT2D eigenvalue weighted by molar-refractivity contribution is 6.12. The Hall–Kier alpha value is -6.59. The van der Waals surface area contributed by atoms with E-state index in [1.54, 1.807) is 0 Å². The second-order valence-corrected chi connectivity index (χ2v) is 12.8. The van der Waals surface area contributed by atoms with Crippen LogP contribution in [0, 0.1) is 0 Å². The molecule has 0 aliphatic carbocycles. The van der Waals surface area contributed by atoms with Crippen LogP contribution in [0.4, 0.5) is 0 Å². The first-order valence-electron chi connectivity index (χ1n) is 16.7. The second-order valence-electron chi connectivity index (χ2n) is 12.8. The third kappa shape index (κ3) is 3.78. The van der Waals surface area contributed by atoms with Crippen molar-refractivity contribution in [2.24, 2.45) is 0 Å². The molecule has 1 aliphatic heterocycles. The summed E-state index contributed by atoms with van der Waals surface area (Å²) in [5.41, 5.74) is 12.5. The van der Waals surface area contributed by atoms with Gasteiger partial charge in [0.15, 0.2) is 5.82 Å². The minimum atomic E-state index is 0.456. The molecule has 0 saturated carbocycles. The maximum absolute atomic E-state index is 6.02. The molecule has 49 heavy (non-hydrogen) atoms. The zero-order valence-corrected chi connectivity index (χ0v) is 26.4. The first-order chi connectivity index (χ1) is 24.3. The van der Waals surface area contributed by atoms with E-state index in [1.165, 1.54) is 60.4 Å². The van der Waals surface area contributed by atoms with Gasteiger partial charge in [0.25, 0.3) is 0 Å². The molecule has 0 radical (unpaired) electrons. The Kier molecular flexibility index (Phi) is 5.38. The van der Waals surface area contributed by atoms with Crippen molar-refractivity contribution in [2.45, 2.75) is 6.61 Å². The first kappa shape index (κ1) is 26.5. The van der Waals surface area contributed by atoms with E-state index in [4.69, 9.17) is 9.72 Å². The van der Waals surface area contributed by atoms with Crippen LogP contribution < -0.4 is 4.74 Å². The predicted octanol–water partition coefficient (Wildman–Crippen LogP) is 10.8. The molecule has 3 aromatic heterocycles. The molecule has 0 fully saturated rings. The van der Waals surface area contributed by atoms with E-state index in [1.807, 2.05) is 18.2 Å². The van der Waals surface area contributed by atoms with Crippen LogP contribution in [-0.2, 0) is 6.61 Å². The molecule has 11 rings (SSSR count). The maximum Gasteiger partial charge on any atom is 0.152 e. The lowest BCUT2D eigenvalue weighted by atomic mass is 10.0. The molecule has 0 N–H and O–H groups in total. The molecule has 4 heterocycles. The standard InChI is InChI=1S/C44H28N4O/c1-2-10-30(11-3-1)46-37-14-6-4-12-32(37)34-24-28(18-21-39(34)46)29-19-22-40-35(25-29)33-13-5-7-15-38(33)47(40)31-20-23-41-36(26-31)45-44-27-49-43-17-9-8-16-42(43)48(41)44/h1-26H,27H2. The summed E-state index contributed by atoms with van der Waals surface area (Å²) in [6, 6.07) is 56.6. The van der Waals surface area contributed by atoms with Crippen LogP contribution >= 0.6 is 0 Å². The van der Waals surface area contributed by atoms with E-state index < -0.39 is 0 Å². The first-order valence-corrected chi connectivity index (χ1v) is 16.7. The summed E-state index contributed by atoms with van der Waals surface area (Å²) in [4.78, 5) is 5.03. The molecule has 5 nitrogen and oxygen atoms in total. The van der Waals surface area contributed by atoms with Gasteiger partial charge in [-0.25, -0.2) is 4.98 Å². The SMILES string of the molecule is c1ccc(-n2c3ccccc3c3cc(-c4ccc5c(c4)c4ccccc4n5-c4ccc5c(c4)nc4n5-c5ccccc5OC4)ccc32)cc1. The zero-order chi connectivity index (χ0) is 32.1. The molecule has 0 saturated heterocycles. The summed E-state index contributed by atoms with van der Waals surface area (Å²) in [5.74, 6) is 1.80. The molecule has 1 aliphatic rings. The molecule has 10 aromatic rings. The summed E-state index contributed by atoms with van der Waals surface area (Å²) in [6.45, 7) is 0.456. The number of imidazole rings is 1. The van der Waals surface area contributed by atoms with Crippen molar-refractivity contribution in [1.29, 1.82) is 0 Å². The number of fused-ring (bicyclic) bond motifs is 11. The van der Waals surface area contributed by atoms with Gasteiger partial charge in [0.1, 0.15) is 12.4 Å². The Morgan fingerprint density at radius 1 is 0.429 bits per heavy atom. The smallest absolute Gasteiger partial charge is 0.152 e. The monoisotopic (exact) mass is 628 g/mol. The fraction of sp³-hybridized carbons (Fsp3) is 0.0227. The van der Waals surface area contributed by atoms with Crippen molar-refractivity contribution in [1.82, 2.24) is 18.7 Å². The second kappa shape index (κ2) is 9.96. The Balaban J connectivity index is 1.08. The summed E-state index contributed by atoms with van der Waals surface area (Å²) in [5, 5.41) is 4.97. The molecule has 7 aromatic carbocycles. The Morgan fingerprint density at radius 2 is 1.00 bits per heavy atom. The lowest BCUT2D eigenvalue weighted by Gasteiger charge is -2.19. The van der Waals surface area contributed by atoms with Gasteiger partial charge in [0.2, 0.25) is 0 Å². The molecule has 230 valence electrons. The van der Waals surface area contributed by atoms with Crippen LogP contribution in [0.2, 0.25) is 0 Å². The van der Waals surface area contributed by atoms with Crippen LogP contribution in [0.25, 0.3) is 82.8 Å². The largest absolute Gasteiger partial charge is 0.483 e. The van der Waals surface area contributed by atoms with Gasteiger partial charge >= 0.3 is 0 Å². The third-order valence-electron chi connectivity index (χ3n) is 10.1. The number of aromatic nitrogens is 4. The summed E-state index contributed by atoms with van der Waals surface area (Å²) < 4.78 is 13.0. The maximum atomic E-state index is 6.02. The molecule has 0 spiro atoms. The fourth-order valence-corrected chi connectivity index (χ4v) is 7.97. The van der Waals surface area contributed by atoms with Crippen LogP contribution in [0.15, 0.2) is 158 Å². The molecule has 0 bridgehead atoms. The number of hydrogen-bond acceptors (Lipinski definition) is 2. The number of benzene rings is 7. The number of nitrogens with zero attached hydrogens (tertiary/aromatic N) is 4. The van der Waals surface area contributed by atoms with E-state index >= 15 is 0 Å². The quantitative estimate of drug-likeness (QED) is 0.195. The minimum Gasteiger partial charge on any atom is -0.483 e. The van der Waals surface area contributed by atoms with Gasteiger partial charge in [-0.15, -0.1) is 0 Å². The van der Waals surface area contributed by atoms with E-state index in [2.05, 4.69) is 153 Å². The van der Waals surface area contributed by atoms with Crippen molar-refractivity contribution in [3.8, 4) is 33.9 Å². The van der Waals surface area contributed by atoms with Crippen LogP contribution in [0.3, 0.4) is 0 Å². The van der Waals surface area contributed by atoms with Gasteiger partial charge in [0, 0.05) is 32.9 Å². The van der Waals surface area contributed by atoms with Crippen LogP contribution in [0.1, 0.15) is 5.82 Å². The van der Waals surface area contributed by atoms with Gasteiger partial charge in [-0.3, -0.25) is 4.57 Å². The Morgan fingerprint density at radius 3 is 1.71 bits per heavy atom. The number of ether oxygens (including phenoxy) is 1. The van der Waals surface area contributed by atoms with E-state index in [0.29, 0.717) is 6.61 Å². The number of para-hydroxylation sites is 5. The summed E-state index contributed by atoms with van der Waals surface area (Å²) >= 11 is 0. The zero-order valence-electron chi connectivity index (χ0n) is 26.4. The van der Waals surface area contributed by atoms with Crippen molar-refractivity contribution >= 4 is 54.6 Å². The molecule has 0 unspecified atom stereocenters. The van der Waals surface area contributed by atoms with Gasteiger partial charge in [-0.1, -0.05) is 78.9 Å². The lowest BCUT2D eigenvalue weighted by Crippen LogP contribution is -2.12. The van der Waals surface area contributed by atoms with Crippen molar-refractivity contribution in [3.63, 3.8) is 0 Å². The topological polar surface area (TPSA) is 36.9 Å². The average Bonchev–Trinajstić information content (AvgIpc) is 3.82. The average molecular weight is 629 g/mol. The van der Waals surface area contributed by atoms with Gasteiger partial charge in [-0.05, 0) is 90.0 Å². The Bertz CT molecular complexity index is 2940. The normalized spacial score (nSPS) is 12.6. The van der Waals surface area contributed by atoms with E-state index in [0.717, 1.165) is 34.0 Å². The number of rotatable bonds is 3. The van der Waals surface area contributed by atoms with Gasteiger partial charge in [0.05, 0.1) is 38.8 Å². The molecular formula is C44H28N4O. The van der Waals surface area contributed by atoms with Crippen molar-refractivity contribution in [3.05, 3.63) is 164 Å². The number of hydrogen-bond donors (Lipinski definition) is 0. The molecule has 0 amide bonds. The minimum absolute atomic E-state index is 0.456. The van der Waals surface area contributed by atoms with Gasteiger partial charge < -0.3 is 13.9 Å². The highest BCUT2D eigenvalue weighted by Gasteiger charge is 2.22. The Labute approximate surface area is 281 Å². The highest BCUT2D eigenvalue weighted by Crippen LogP contribution is 2.39. The fourth-order valence-electron chi connectivity index (χ4n) is 7.97. The predicted molar refractivity (Wildman–Crippen MR) is 200 cm³/mol. The van der Waals surface area contributed by atoms with Crippen LogP contribution in [-0.4, -0.2) is 18.7 Å². The summed E-state index contributed by atoms with van der Waals surface area (Å²) in [7, 11) is 0. The van der Waals surface area contributed by atoms with Crippen molar-refractivity contribution < 1.29 is 4.74 Å². The van der Waals surface area contributed by atoms with Crippen LogP contribution in [0.5, 0.6) is 5.75 Å². The van der Waals surface area contributed by atoms with E-state index in [-0.39, 0.29) is 0 Å². The third-order valence-corrected chi connectivity index (χ3v) is 10.1. The molecular weight excluding hydrogens is 601 g/mol. The highest BCUT2D eigenvalue weighted by atomic mass is 16.5. The van der Waals surface area contributed by atoms with Crippen molar-refractivity contribution in [2.75, 3.05) is 0 Å². The van der Waals surface area contributed by atoms with E-state index in [9.17, 15) is 0 Å². The summed E-state index contributed by atoms with van der Waals surface area (Å²) in [6.07, 6.45) is 0.